The van der Waals surface area contributed by atoms with Crippen LogP contribution in [-0.2, 0) is 4.74 Å². The lowest BCUT2D eigenvalue weighted by Crippen LogP contribution is -2.43. The van der Waals surface area contributed by atoms with Crippen LogP contribution in [0.4, 0.5) is 14.9 Å². The van der Waals surface area contributed by atoms with Gasteiger partial charge in [0.15, 0.2) is 0 Å². The van der Waals surface area contributed by atoms with Crippen LogP contribution in [0, 0.1) is 5.82 Å². The summed E-state index contributed by atoms with van der Waals surface area (Å²) in [6.07, 6.45) is 0.453. The van der Waals surface area contributed by atoms with Gasteiger partial charge in [-0.15, -0.1) is 0 Å². The number of para-hydroxylation sites is 1. The van der Waals surface area contributed by atoms with Crippen molar-refractivity contribution in [3.05, 3.63) is 100 Å². The van der Waals surface area contributed by atoms with E-state index in [-0.39, 0.29) is 12.2 Å². The standard InChI is InChI=1S/C31H34FN5O4/c1-5-27(28-34-26-10-8-7-9-25(26)29(38)37(28)24-17-13-22(32)14-18-24)36(20-19-35(3)4)31(40)33-23-15-11-21(12-16-23)30(39)41-6-2/h7-18,27H,5-6,19-20H2,1-4H3,(H,33,40). The molecule has 4 rings (SSSR count). The molecule has 0 spiro atoms. The Morgan fingerprint density at radius 1 is 0.976 bits per heavy atom. The summed E-state index contributed by atoms with van der Waals surface area (Å²) in [6, 6.07) is 18.1. The first-order chi connectivity index (χ1) is 19.7. The van der Waals surface area contributed by atoms with Crippen LogP contribution < -0.4 is 10.9 Å². The maximum atomic E-state index is 13.8. The summed E-state index contributed by atoms with van der Waals surface area (Å²) >= 11 is 0. The average molecular weight is 560 g/mol. The molecule has 10 heteroatoms. The van der Waals surface area contributed by atoms with Crippen molar-refractivity contribution in [3.8, 4) is 5.69 Å². The molecule has 0 radical (unpaired) electrons. The maximum Gasteiger partial charge on any atom is 0.338 e. The topological polar surface area (TPSA) is 96.8 Å². The maximum absolute atomic E-state index is 13.8. The third-order valence-corrected chi connectivity index (χ3v) is 6.64. The number of fused-ring (bicyclic) bond motifs is 1. The number of ether oxygens (including phenoxy) is 1. The van der Waals surface area contributed by atoms with E-state index in [4.69, 9.17) is 9.72 Å². The van der Waals surface area contributed by atoms with Gasteiger partial charge < -0.3 is 19.9 Å². The van der Waals surface area contributed by atoms with Crippen molar-refractivity contribution in [2.45, 2.75) is 26.3 Å². The molecule has 1 unspecified atom stereocenters. The van der Waals surface area contributed by atoms with Crippen LogP contribution in [-0.4, -0.2) is 65.1 Å². The normalized spacial score (nSPS) is 11.9. The number of rotatable bonds is 10. The van der Waals surface area contributed by atoms with Crippen molar-refractivity contribution in [1.29, 1.82) is 0 Å². The Morgan fingerprint density at radius 3 is 2.29 bits per heavy atom. The Bertz CT molecular complexity index is 1570. The van der Waals surface area contributed by atoms with Gasteiger partial charge in [-0.05, 0) is 88.1 Å². The fourth-order valence-corrected chi connectivity index (χ4v) is 4.56. The average Bonchev–Trinajstić information content (AvgIpc) is 2.96. The number of carbonyl (C=O) groups excluding carboxylic acids is 2. The number of hydrogen-bond acceptors (Lipinski definition) is 6. The highest BCUT2D eigenvalue weighted by molar-refractivity contribution is 5.92. The van der Waals surface area contributed by atoms with Crippen LogP contribution in [0.15, 0.2) is 77.6 Å². The molecule has 0 bridgehead atoms. The molecular formula is C31H34FN5O4. The van der Waals surface area contributed by atoms with E-state index in [1.807, 2.05) is 25.9 Å². The zero-order valence-corrected chi connectivity index (χ0v) is 23.6. The Kier molecular flexibility index (Phi) is 9.46. The highest BCUT2D eigenvalue weighted by Gasteiger charge is 2.29. The number of hydrogen-bond donors (Lipinski definition) is 1. The molecule has 3 aromatic carbocycles. The van der Waals surface area contributed by atoms with E-state index in [9.17, 15) is 18.8 Å². The van der Waals surface area contributed by atoms with Crippen molar-refractivity contribution >= 4 is 28.6 Å². The van der Waals surface area contributed by atoms with Crippen LogP contribution >= 0.6 is 0 Å². The molecule has 1 aromatic heterocycles. The van der Waals surface area contributed by atoms with Gasteiger partial charge in [-0.25, -0.2) is 19.0 Å². The fraction of sp³-hybridized carbons (Fsp3) is 0.290. The smallest absolute Gasteiger partial charge is 0.338 e. The first-order valence-corrected chi connectivity index (χ1v) is 13.5. The van der Waals surface area contributed by atoms with E-state index >= 15 is 0 Å². The Balaban J connectivity index is 1.78. The molecule has 0 aliphatic carbocycles. The van der Waals surface area contributed by atoms with E-state index in [2.05, 4.69) is 5.32 Å². The first-order valence-electron chi connectivity index (χ1n) is 13.5. The summed E-state index contributed by atoms with van der Waals surface area (Å²) in [5.41, 5.74) is 1.52. The number of nitrogens with zero attached hydrogens (tertiary/aromatic N) is 4. The van der Waals surface area contributed by atoms with Gasteiger partial charge in [-0.3, -0.25) is 9.36 Å². The van der Waals surface area contributed by atoms with Crippen LogP contribution in [0.3, 0.4) is 0 Å². The molecule has 4 aromatic rings. The van der Waals surface area contributed by atoms with Crippen LogP contribution in [0.2, 0.25) is 0 Å². The van der Waals surface area contributed by atoms with E-state index in [1.165, 1.54) is 28.8 Å². The number of benzene rings is 3. The summed E-state index contributed by atoms with van der Waals surface area (Å²) in [6.45, 7) is 4.82. The van der Waals surface area contributed by atoms with Crippen molar-refractivity contribution in [3.63, 3.8) is 0 Å². The number of likely N-dealkylation sites (N-methyl/N-ethyl adjacent to an activating group) is 1. The van der Waals surface area contributed by atoms with E-state index in [0.29, 0.717) is 53.2 Å². The zero-order valence-electron chi connectivity index (χ0n) is 23.6. The monoisotopic (exact) mass is 559 g/mol. The second-order valence-electron chi connectivity index (χ2n) is 9.75. The number of urea groups is 1. The van der Waals surface area contributed by atoms with E-state index in [1.54, 1.807) is 60.4 Å². The lowest BCUT2D eigenvalue weighted by molar-refractivity contribution is 0.0526. The molecule has 2 amide bonds. The first kappa shape index (κ1) is 29.4. The molecular weight excluding hydrogens is 525 g/mol. The molecule has 0 aliphatic rings. The molecule has 41 heavy (non-hydrogen) atoms. The zero-order chi connectivity index (χ0) is 29.5. The Hall–Kier alpha value is -4.57. The van der Waals surface area contributed by atoms with Gasteiger partial charge in [0, 0.05) is 18.8 Å². The molecule has 1 heterocycles. The minimum Gasteiger partial charge on any atom is -0.462 e. The summed E-state index contributed by atoms with van der Waals surface area (Å²) in [5.74, 6) is -0.496. The van der Waals surface area contributed by atoms with Gasteiger partial charge in [0.2, 0.25) is 0 Å². The molecule has 1 N–H and O–H groups in total. The quantitative estimate of drug-likeness (QED) is 0.267. The Labute approximate surface area is 238 Å². The summed E-state index contributed by atoms with van der Waals surface area (Å²) in [5, 5.41) is 3.34. The third kappa shape index (κ3) is 6.78. The fourth-order valence-electron chi connectivity index (χ4n) is 4.56. The highest BCUT2D eigenvalue weighted by Crippen LogP contribution is 2.27. The number of aromatic nitrogens is 2. The van der Waals surface area contributed by atoms with Gasteiger partial charge >= 0.3 is 12.0 Å². The SMILES string of the molecule is CCOC(=O)c1ccc(NC(=O)N(CCN(C)C)C(CC)c2nc3ccccc3c(=O)n2-c2ccc(F)cc2)cc1. The molecule has 0 saturated heterocycles. The molecule has 9 nitrogen and oxygen atoms in total. The minimum atomic E-state index is -0.601. The van der Waals surface area contributed by atoms with Crippen molar-refractivity contribution < 1.29 is 18.7 Å². The summed E-state index contributed by atoms with van der Waals surface area (Å²) in [4.78, 5) is 48.1. The number of halogens is 1. The lowest BCUT2D eigenvalue weighted by atomic mass is 10.1. The van der Waals surface area contributed by atoms with E-state index in [0.717, 1.165) is 0 Å². The van der Waals surface area contributed by atoms with E-state index < -0.39 is 23.9 Å². The van der Waals surface area contributed by atoms with Gasteiger partial charge in [0.1, 0.15) is 11.6 Å². The summed E-state index contributed by atoms with van der Waals surface area (Å²) < 4.78 is 20.3. The van der Waals surface area contributed by atoms with Crippen LogP contribution in [0.5, 0.6) is 0 Å². The van der Waals surface area contributed by atoms with Crippen molar-refractivity contribution in [2.24, 2.45) is 0 Å². The van der Waals surface area contributed by atoms with Crippen LogP contribution in [0.1, 0.15) is 42.5 Å². The predicted octanol–water partition coefficient (Wildman–Crippen LogP) is 5.25. The second kappa shape index (κ2) is 13.2. The number of carbonyl (C=O) groups is 2. The van der Waals surface area contributed by atoms with Gasteiger partial charge in [0.05, 0.1) is 34.8 Å². The third-order valence-electron chi connectivity index (χ3n) is 6.64. The molecule has 0 saturated carbocycles. The summed E-state index contributed by atoms with van der Waals surface area (Å²) in [7, 11) is 3.82. The molecule has 1 atom stereocenters. The van der Waals surface area contributed by atoms with Gasteiger partial charge in [-0.1, -0.05) is 19.1 Å². The number of amides is 2. The van der Waals surface area contributed by atoms with Crippen molar-refractivity contribution in [1.82, 2.24) is 19.4 Å². The molecule has 0 fully saturated rings. The Morgan fingerprint density at radius 2 is 1.66 bits per heavy atom. The predicted molar refractivity (Wildman–Crippen MR) is 157 cm³/mol. The van der Waals surface area contributed by atoms with Crippen molar-refractivity contribution in [2.75, 3.05) is 39.1 Å². The second-order valence-corrected chi connectivity index (χ2v) is 9.75. The highest BCUT2D eigenvalue weighted by atomic mass is 19.1. The molecule has 214 valence electrons. The van der Waals surface area contributed by atoms with Gasteiger partial charge in [0.25, 0.3) is 5.56 Å². The lowest BCUT2D eigenvalue weighted by Gasteiger charge is -2.33. The largest absolute Gasteiger partial charge is 0.462 e. The number of nitrogens with one attached hydrogen (secondary N) is 1. The number of esters is 1. The molecule has 0 aliphatic heterocycles. The van der Waals surface area contributed by atoms with Crippen LogP contribution in [0.25, 0.3) is 16.6 Å². The number of anilines is 1. The minimum absolute atomic E-state index is 0.266. The van der Waals surface area contributed by atoms with Gasteiger partial charge in [-0.2, -0.15) is 0 Å².